The number of ether oxygens (including phenoxy) is 1. The van der Waals surface area contributed by atoms with Gasteiger partial charge in [-0.1, -0.05) is 34.1 Å². The zero-order valence-corrected chi connectivity index (χ0v) is 19.2. The van der Waals surface area contributed by atoms with Crippen LogP contribution >= 0.6 is 31.9 Å². The van der Waals surface area contributed by atoms with Crippen molar-refractivity contribution < 1.29 is 14.3 Å². The molecule has 0 aromatic heterocycles. The van der Waals surface area contributed by atoms with E-state index in [4.69, 9.17) is 4.74 Å². The zero-order chi connectivity index (χ0) is 21.5. The van der Waals surface area contributed by atoms with Crippen LogP contribution < -0.4 is 15.4 Å². The first kappa shape index (κ1) is 21.8. The van der Waals surface area contributed by atoms with Crippen LogP contribution in [0.4, 0.5) is 11.4 Å². The first-order valence-corrected chi connectivity index (χ1v) is 10.5. The number of nitrogens with one attached hydrogen (secondary N) is 2. The third-order valence-electron chi connectivity index (χ3n) is 4.10. The van der Waals surface area contributed by atoms with E-state index in [0.717, 1.165) is 14.5 Å². The smallest absolute Gasteiger partial charge is 0.255 e. The van der Waals surface area contributed by atoms with Gasteiger partial charge in [-0.05, 0) is 70.5 Å². The fourth-order valence-corrected chi connectivity index (χ4v) is 4.12. The number of amides is 2. The van der Waals surface area contributed by atoms with E-state index < -0.39 is 0 Å². The average molecular weight is 530 g/mol. The molecule has 7 heteroatoms. The van der Waals surface area contributed by atoms with Crippen LogP contribution in [0.2, 0.25) is 0 Å². The van der Waals surface area contributed by atoms with Crippen molar-refractivity contribution in [1.82, 2.24) is 0 Å². The molecule has 0 saturated heterocycles. The largest absolute Gasteiger partial charge is 0.495 e. The van der Waals surface area contributed by atoms with Gasteiger partial charge in [-0.3, -0.25) is 9.59 Å². The van der Waals surface area contributed by atoms with E-state index in [9.17, 15) is 9.59 Å². The van der Waals surface area contributed by atoms with E-state index in [2.05, 4.69) is 42.5 Å². The molecule has 0 fully saturated rings. The number of carbonyl (C=O) groups is 2. The number of hydrogen-bond acceptors (Lipinski definition) is 3. The summed E-state index contributed by atoms with van der Waals surface area (Å²) in [5, 5.41) is 5.61. The van der Waals surface area contributed by atoms with E-state index in [1.807, 2.05) is 30.3 Å². The third kappa shape index (κ3) is 5.81. The highest BCUT2D eigenvalue weighted by Gasteiger charge is 2.08. The second kappa shape index (κ2) is 10.2. The molecule has 0 atom stereocenters. The molecule has 0 spiro atoms. The minimum absolute atomic E-state index is 0.190. The van der Waals surface area contributed by atoms with Crippen molar-refractivity contribution in [3.63, 3.8) is 0 Å². The molecule has 0 aliphatic heterocycles. The molecule has 0 aliphatic carbocycles. The molecule has 0 bridgehead atoms. The van der Waals surface area contributed by atoms with Crippen LogP contribution in [-0.4, -0.2) is 18.9 Å². The van der Waals surface area contributed by atoms with Crippen LogP contribution in [0.1, 0.15) is 15.9 Å². The maximum absolute atomic E-state index is 12.3. The summed E-state index contributed by atoms with van der Waals surface area (Å²) >= 11 is 6.86. The molecule has 2 N–H and O–H groups in total. The molecule has 0 radical (unpaired) electrons. The standard InChI is InChI=1S/C23H18Br2N2O3/c1-30-22-16(13-17(24)14-20(22)25)7-12-21(28)26-18-8-10-19(11-9-18)27-23(29)15-5-3-2-4-6-15/h2-14H,1H3,(H,26,28)(H,27,29)/b12-7+. The normalized spacial score (nSPS) is 10.6. The Morgan fingerprint density at radius 1 is 0.900 bits per heavy atom. The molecule has 0 aliphatic rings. The van der Waals surface area contributed by atoms with Crippen LogP contribution in [0, 0.1) is 0 Å². The van der Waals surface area contributed by atoms with Crippen molar-refractivity contribution in [3.8, 4) is 5.75 Å². The van der Waals surface area contributed by atoms with Crippen LogP contribution in [-0.2, 0) is 4.79 Å². The van der Waals surface area contributed by atoms with Crippen molar-refractivity contribution in [3.05, 3.63) is 92.9 Å². The maximum Gasteiger partial charge on any atom is 0.255 e. The Morgan fingerprint density at radius 2 is 1.53 bits per heavy atom. The van der Waals surface area contributed by atoms with Gasteiger partial charge >= 0.3 is 0 Å². The number of benzene rings is 3. The Labute approximate surface area is 191 Å². The van der Waals surface area contributed by atoms with Gasteiger partial charge in [0.1, 0.15) is 5.75 Å². The maximum atomic E-state index is 12.3. The highest BCUT2D eigenvalue weighted by Crippen LogP contribution is 2.33. The zero-order valence-electron chi connectivity index (χ0n) is 16.0. The number of anilines is 2. The highest BCUT2D eigenvalue weighted by atomic mass is 79.9. The van der Waals surface area contributed by atoms with E-state index in [0.29, 0.717) is 22.7 Å². The van der Waals surface area contributed by atoms with E-state index in [1.165, 1.54) is 6.08 Å². The summed E-state index contributed by atoms with van der Waals surface area (Å²) in [4.78, 5) is 24.5. The molecule has 152 valence electrons. The molecular formula is C23H18Br2N2O3. The Morgan fingerprint density at radius 3 is 2.17 bits per heavy atom. The predicted octanol–water partition coefficient (Wildman–Crippen LogP) is 6.12. The third-order valence-corrected chi connectivity index (χ3v) is 5.15. The summed E-state index contributed by atoms with van der Waals surface area (Å²) in [7, 11) is 1.57. The molecule has 0 unspecified atom stereocenters. The second-order valence-electron chi connectivity index (χ2n) is 6.23. The van der Waals surface area contributed by atoms with Crippen molar-refractivity contribution in [1.29, 1.82) is 0 Å². The van der Waals surface area contributed by atoms with Gasteiger partial charge in [-0.25, -0.2) is 0 Å². The van der Waals surface area contributed by atoms with Crippen molar-refractivity contribution in [2.24, 2.45) is 0 Å². The van der Waals surface area contributed by atoms with Crippen molar-refractivity contribution in [2.45, 2.75) is 0 Å². The lowest BCUT2D eigenvalue weighted by Crippen LogP contribution is -2.12. The van der Waals surface area contributed by atoms with Gasteiger partial charge in [-0.15, -0.1) is 0 Å². The number of carbonyl (C=O) groups excluding carboxylic acids is 2. The fraction of sp³-hybridized carbons (Fsp3) is 0.0435. The average Bonchev–Trinajstić information content (AvgIpc) is 2.74. The van der Waals surface area contributed by atoms with E-state index >= 15 is 0 Å². The lowest BCUT2D eigenvalue weighted by atomic mass is 10.2. The topological polar surface area (TPSA) is 67.4 Å². The first-order valence-electron chi connectivity index (χ1n) is 8.95. The molecule has 0 heterocycles. The van der Waals surface area contributed by atoms with Gasteiger partial charge in [0, 0.05) is 33.1 Å². The summed E-state index contributed by atoms with van der Waals surface area (Å²) in [6, 6.07) is 19.6. The molecule has 3 rings (SSSR count). The Balaban J connectivity index is 1.62. The van der Waals surface area contributed by atoms with Gasteiger partial charge < -0.3 is 15.4 Å². The van der Waals surface area contributed by atoms with Gasteiger partial charge in [0.15, 0.2) is 0 Å². The molecule has 0 saturated carbocycles. The predicted molar refractivity (Wildman–Crippen MR) is 127 cm³/mol. The lowest BCUT2D eigenvalue weighted by molar-refractivity contribution is -0.111. The first-order chi connectivity index (χ1) is 14.5. The van der Waals surface area contributed by atoms with E-state index in [-0.39, 0.29) is 11.8 Å². The van der Waals surface area contributed by atoms with Crippen molar-refractivity contribution >= 4 is 61.1 Å². The van der Waals surface area contributed by atoms with Crippen LogP contribution in [0.5, 0.6) is 5.75 Å². The quantitative estimate of drug-likeness (QED) is 0.378. The highest BCUT2D eigenvalue weighted by molar-refractivity contribution is 9.11. The molecule has 3 aromatic rings. The molecule has 5 nitrogen and oxygen atoms in total. The SMILES string of the molecule is COc1c(Br)cc(Br)cc1/C=C/C(=O)Nc1ccc(NC(=O)c2ccccc2)cc1. The molecule has 3 aromatic carbocycles. The van der Waals surface area contributed by atoms with Gasteiger partial charge in [0.2, 0.25) is 5.91 Å². The number of methoxy groups -OCH3 is 1. The summed E-state index contributed by atoms with van der Waals surface area (Å²) in [5.41, 5.74) is 2.59. The number of rotatable bonds is 6. The summed E-state index contributed by atoms with van der Waals surface area (Å²) in [5.74, 6) is 0.166. The van der Waals surface area contributed by atoms with Crippen LogP contribution in [0.25, 0.3) is 6.08 Å². The summed E-state index contributed by atoms with van der Waals surface area (Å²) in [6.07, 6.45) is 3.11. The van der Waals surface area contributed by atoms with Gasteiger partial charge in [0.25, 0.3) is 5.91 Å². The van der Waals surface area contributed by atoms with Gasteiger partial charge in [-0.2, -0.15) is 0 Å². The van der Waals surface area contributed by atoms with E-state index in [1.54, 1.807) is 49.6 Å². The monoisotopic (exact) mass is 528 g/mol. The fourth-order valence-electron chi connectivity index (χ4n) is 2.70. The molecule has 30 heavy (non-hydrogen) atoms. The Kier molecular flexibility index (Phi) is 7.43. The van der Waals surface area contributed by atoms with Gasteiger partial charge in [0.05, 0.1) is 11.6 Å². The Bertz CT molecular complexity index is 1080. The minimum atomic E-state index is -0.283. The minimum Gasteiger partial charge on any atom is -0.495 e. The summed E-state index contributed by atoms with van der Waals surface area (Å²) in [6.45, 7) is 0. The summed E-state index contributed by atoms with van der Waals surface area (Å²) < 4.78 is 7.02. The van der Waals surface area contributed by atoms with Crippen LogP contribution in [0.3, 0.4) is 0 Å². The molecular weight excluding hydrogens is 512 g/mol. The molecule has 2 amide bonds. The number of hydrogen-bond donors (Lipinski definition) is 2. The van der Waals surface area contributed by atoms with Crippen LogP contribution in [0.15, 0.2) is 81.8 Å². The number of halogens is 2. The second-order valence-corrected chi connectivity index (χ2v) is 8.00. The lowest BCUT2D eigenvalue weighted by Gasteiger charge is -2.09. The Hall–Kier alpha value is -2.90. The van der Waals surface area contributed by atoms with Crippen molar-refractivity contribution in [2.75, 3.05) is 17.7 Å².